The molecular formula is C13H11F2N3O3. The summed E-state index contributed by atoms with van der Waals surface area (Å²) in [6, 6.07) is 0. The molecule has 2 heterocycles. The number of carbonyl (C=O) groups is 1. The molecule has 0 bridgehead atoms. The number of hydrogen-bond donors (Lipinski definition) is 2. The number of nitrogen functional groups attached to an aromatic ring is 1. The molecule has 21 heavy (non-hydrogen) atoms. The molecule has 0 saturated heterocycles. The van der Waals surface area contributed by atoms with E-state index in [1.54, 1.807) is 12.1 Å². The third-order valence-electron chi connectivity index (χ3n) is 3.72. The van der Waals surface area contributed by atoms with Crippen LogP contribution in [0.3, 0.4) is 0 Å². The van der Waals surface area contributed by atoms with Crippen molar-refractivity contribution in [2.75, 3.05) is 24.3 Å². The fraction of sp³-hybridized carbons (Fsp3) is 0.231. The Bertz CT molecular complexity index is 860. The highest BCUT2D eigenvalue weighted by molar-refractivity contribution is 5.99. The van der Waals surface area contributed by atoms with Gasteiger partial charge in [-0.1, -0.05) is 0 Å². The van der Waals surface area contributed by atoms with Crippen molar-refractivity contribution in [2.45, 2.75) is 6.42 Å². The topological polar surface area (TPSA) is 88.6 Å². The Kier molecular flexibility index (Phi) is 2.65. The van der Waals surface area contributed by atoms with Gasteiger partial charge in [0.25, 0.3) is 0 Å². The molecule has 1 aromatic carbocycles. The number of likely N-dealkylation sites (N-methyl/N-ethyl adjacent to an activating group) is 1. The molecule has 1 aromatic heterocycles. The number of nitrogens with two attached hydrogens (primary N) is 1. The van der Waals surface area contributed by atoms with Gasteiger partial charge in [0.2, 0.25) is 5.43 Å². The van der Waals surface area contributed by atoms with Crippen molar-refractivity contribution < 1.29 is 18.7 Å². The normalized spacial score (nSPS) is 13.8. The Balaban J connectivity index is 2.64. The van der Waals surface area contributed by atoms with Gasteiger partial charge in [-0.15, -0.1) is 0 Å². The number of benzene rings is 1. The number of carboxylic acids is 1. The average molecular weight is 295 g/mol. The highest BCUT2D eigenvalue weighted by Crippen LogP contribution is 2.31. The molecule has 8 heteroatoms. The van der Waals surface area contributed by atoms with Crippen LogP contribution in [-0.4, -0.2) is 29.3 Å². The van der Waals surface area contributed by atoms with E-state index in [4.69, 9.17) is 10.8 Å². The second-order valence-corrected chi connectivity index (χ2v) is 4.90. The Morgan fingerprint density at radius 1 is 1.38 bits per heavy atom. The maximum absolute atomic E-state index is 14.0. The average Bonchev–Trinajstić information content (AvgIpc) is 2.43. The summed E-state index contributed by atoms with van der Waals surface area (Å²) in [5.74, 6) is -3.85. The van der Waals surface area contributed by atoms with Crippen LogP contribution in [0.2, 0.25) is 0 Å². The lowest BCUT2D eigenvalue weighted by Gasteiger charge is -2.31. The molecule has 3 rings (SSSR count). The summed E-state index contributed by atoms with van der Waals surface area (Å²) < 4.78 is 29.2. The van der Waals surface area contributed by atoms with Crippen molar-refractivity contribution in [3.8, 4) is 0 Å². The van der Waals surface area contributed by atoms with Gasteiger partial charge < -0.3 is 15.8 Å². The van der Waals surface area contributed by atoms with Crippen LogP contribution in [0, 0.1) is 11.6 Å². The van der Waals surface area contributed by atoms with E-state index in [0.717, 1.165) is 6.20 Å². The van der Waals surface area contributed by atoms with Crippen LogP contribution < -0.4 is 16.2 Å². The molecular weight excluding hydrogens is 284 g/mol. The van der Waals surface area contributed by atoms with E-state index in [9.17, 15) is 18.4 Å². The third kappa shape index (κ3) is 1.61. The fourth-order valence-electron chi connectivity index (χ4n) is 2.64. The van der Waals surface area contributed by atoms with E-state index in [2.05, 4.69) is 0 Å². The van der Waals surface area contributed by atoms with Gasteiger partial charge in [-0.2, -0.15) is 0 Å². The standard InChI is InChI=1S/C13H11F2N3O3/c1-17-3-2-5-8(14)9(15)10(16)7-11(5)18(17)4-6(12(7)19)13(20)21/h4H,2-3,16H2,1H3,(H,20,21). The zero-order valence-corrected chi connectivity index (χ0v) is 11.0. The van der Waals surface area contributed by atoms with Crippen LogP contribution in [0.5, 0.6) is 0 Å². The fourth-order valence-corrected chi connectivity index (χ4v) is 2.64. The van der Waals surface area contributed by atoms with Crippen LogP contribution in [0.25, 0.3) is 10.9 Å². The van der Waals surface area contributed by atoms with Crippen LogP contribution in [-0.2, 0) is 6.42 Å². The lowest BCUT2D eigenvalue weighted by Crippen LogP contribution is -2.39. The summed E-state index contributed by atoms with van der Waals surface area (Å²) in [7, 11) is 1.65. The van der Waals surface area contributed by atoms with Gasteiger partial charge in [0.1, 0.15) is 5.56 Å². The predicted molar refractivity (Wildman–Crippen MR) is 72.2 cm³/mol. The third-order valence-corrected chi connectivity index (χ3v) is 3.72. The van der Waals surface area contributed by atoms with Crippen LogP contribution in [0.4, 0.5) is 14.5 Å². The molecule has 1 aliphatic rings. The lowest BCUT2D eigenvalue weighted by atomic mass is 10.0. The highest BCUT2D eigenvalue weighted by Gasteiger charge is 2.28. The Hall–Kier alpha value is -2.64. The minimum atomic E-state index is -1.45. The van der Waals surface area contributed by atoms with E-state index in [1.807, 2.05) is 0 Å². The quantitative estimate of drug-likeness (QED) is 0.755. The molecule has 0 spiro atoms. The molecule has 3 N–H and O–H groups in total. The number of carboxylic acid groups (broad SMARTS) is 1. The second kappa shape index (κ2) is 4.18. The largest absolute Gasteiger partial charge is 0.477 e. The number of anilines is 1. The molecule has 0 atom stereocenters. The highest BCUT2D eigenvalue weighted by atomic mass is 19.2. The molecule has 0 amide bonds. The number of aromatic carboxylic acids is 1. The molecule has 0 saturated carbocycles. The molecule has 0 aliphatic carbocycles. The van der Waals surface area contributed by atoms with E-state index in [0.29, 0.717) is 6.54 Å². The SMILES string of the molecule is CN1CCc2c(F)c(F)c(N)c3c(=O)c(C(=O)O)cn1c23. The Morgan fingerprint density at radius 3 is 2.67 bits per heavy atom. The number of nitrogens with zero attached hydrogens (tertiary/aromatic N) is 2. The van der Waals surface area contributed by atoms with Crippen molar-refractivity contribution in [3.63, 3.8) is 0 Å². The van der Waals surface area contributed by atoms with Crippen LogP contribution >= 0.6 is 0 Å². The van der Waals surface area contributed by atoms with Crippen molar-refractivity contribution in [2.24, 2.45) is 0 Å². The molecule has 6 nitrogen and oxygen atoms in total. The van der Waals surface area contributed by atoms with Crippen LogP contribution in [0.1, 0.15) is 15.9 Å². The van der Waals surface area contributed by atoms with Gasteiger partial charge >= 0.3 is 5.97 Å². The first kappa shape index (κ1) is 13.3. The first-order valence-corrected chi connectivity index (χ1v) is 6.14. The number of rotatable bonds is 1. The summed E-state index contributed by atoms with van der Waals surface area (Å²) in [6.07, 6.45) is 1.30. The van der Waals surface area contributed by atoms with Crippen LogP contribution in [0.15, 0.2) is 11.0 Å². The molecule has 0 unspecified atom stereocenters. The van der Waals surface area contributed by atoms with Crippen molar-refractivity contribution >= 4 is 22.6 Å². The minimum Gasteiger partial charge on any atom is -0.477 e. The van der Waals surface area contributed by atoms with Crippen molar-refractivity contribution in [1.82, 2.24) is 4.68 Å². The van der Waals surface area contributed by atoms with Gasteiger partial charge in [0.15, 0.2) is 11.6 Å². The summed E-state index contributed by atoms with van der Waals surface area (Å²) in [6.45, 7) is 0.351. The van der Waals surface area contributed by atoms with Gasteiger partial charge in [-0.25, -0.2) is 13.6 Å². The zero-order chi connectivity index (χ0) is 15.5. The maximum Gasteiger partial charge on any atom is 0.341 e. The Morgan fingerprint density at radius 2 is 2.05 bits per heavy atom. The first-order valence-electron chi connectivity index (χ1n) is 6.14. The van der Waals surface area contributed by atoms with Crippen molar-refractivity contribution in [1.29, 1.82) is 0 Å². The number of pyridine rings is 1. The summed E-state index contributed by atoms with van der Waals surface area (Å²) in [4.78, 5) is 23.4. The molecule has 0 radical (unpaired) electrons. The van der Waals surface area contributed by atoms with Gasteiger partial charge in [-0.05, 0) is 6.42 Å². The number of halogens is 2. The molecule has 1 aliphatic heterocycles. The van der Waals surface area contributed by atoms with E-state index in [-0.39, 0.29) is 22.9 Å². The zero-order valence-electron chi connectivity index (χ0n) is 11.0. The summed E-state index contributed by atoms with van der Waals surface area (Å²) >= 11 is 0. The molecule has 110 valence electrons. The smallest absolute Gasteiger partial charge is 0.341 e. The molecule has 0 fully saturated rings. The second-order valence-electron chi connectivity index (χ2n) is 4.90. The Labute approximate surface area is 117 Å². The summed E-state index contributed by atoms with van der Waals surface area (Å²) in [5, 5.41) is 10.4. The minimum absolute atomic E-state index is 0.0313. The summed E-state index contributed by atoms with van der Waals surface area (Å²) in [5.41, 5.74) is 3.54. The van der Waals surface area contributed by atoms with E-state index < -0.39 is 34.3 Å². The number of hydrogen-bond acceptors (Lipinski definition) is 4. The number of aromatic nitrogens is 1. The molecule has 2 aromatic rings. The van der Waals surface area contributed by atoms with Gasteiger partial charge in [0.05, 0.1) is 16.6 Å². The maximum atomic E-state index is 14.0. The first-order chi connectivity index (χ1) is 9.84. The monoisotopic (exact) mass is 295 g/mol. The van der Waals surface area contributed by atoms with Crippen molar-refractivity contribution in [3.05, 3.63) is 39.2 Å². The van der Waals surface area contributed by atoms with Gasteiger partial charge in [-0.3, -0.25) is 9.47 Å². The van der Waals surface area contributed by atoms with E-state index in [1.165, 1.54) is 4.68 Å². The predicted octanol–water partition coefficient (Wildman–Crippen LogP) is 0.684. The van der Waals surface area contributed by atoms with E-state index >= 15 is 0 Å². The van der Waals surface area contributed by atoms with Gasteiger partial charge in [0, 0.05) is 25.4 Å². The lowest BCUT2D eigenvalue weighted by molar-refractivity contribution is 0.0695.